The van der Waals surface area contributed by atoms with Crippen LogP contribution in [0.5, 0.6) is 0 Å². The summed E-state index contributed by atoms with van der Waals surface area (Å²) in [6.07, 6.45) is 10.6. The van der Waals surface area contributed by atoms with Crippen LogP contribution in [-0.2, 0) is 16.1 Å². The number of aromatic nitrogens is 3. The number of hydrogen-bond acceptors (Lipinski definition) is 5. The van der Waals surface area contributed by atoms with E-state index in [0.29, 0.717) is 6.61 Å². The van der Waals surface area contributed by atoms with E-state index in [4.69, 9.17) is 4.74 Å². The van der Waals surface area contributed by atoms with E-state index >= 15 is 0 Å². The Morgan fingerprint density at radius 1 is 0.750 bits per heavy atom. The van der Waals surface area contributed by atoms with Crippen LogP contribution in [0.25, 0.3) is 0 Å². The van der Waals surface area contributed by atoms with Gasteiger partial charge in [0.05, 0.1) is 12.6 Å². The lowest BCUT2D eigenvalue weighted by Crippen LogP contribution is -2.35. The lowest BCUT2D eigenvalue weighted by atomic mass is 9.83. The van der Waals surface area contributed by atoms with Crippen LogP contribution in [0.3, 0.4) is 0 Å². The van der Waals surface area contributed by atoms with Gasteiger partial charge in [-0.15, -0.1) is 0 Å². The average Bonchev–Trinajstić information content (AvgIpc) is 2.86. The third-order valence-corrected chi connectivity index (χ3v) is 5.13. The maximum absolute atomic E-state index is 12.9. The van der Waals surface area contributed by atoms with Crippen molar-refractivity contribution >= 4 is 5.91 Å². The first kappa shape index (κ1) is 21.3. The molecule has 160 valence electrons. The van der Waals surface area contributed by atoms with E-state index in [0.717, 1.165) is 22.3 Å². The lowest BCUT2D eigenvalue weighted by molar-refractivity contribution is -0.127. The lowest BCUT2D eigenvalue weighted by Gasteiger charge is -2.29. The highest BCUT2D eigenvalue weighted by Crippen LogP contribution is 2.36. The van der Waals surface area contributed by atoms with Gasteiger partial charge >= 0.3 is 0 Å². The Labute approximate surface area is 187 Å². The van der Waals surface area contributed by atoms with Gasteiger partial charge in [-0.3, -0.25) is 19.7 Å². The summed E-state index contributed by atoms with van der Waals surface area (Å²) < 4.78 is 5.66. The molecule has 1 unspecified atom stereocenters. The number of hydrogen-bond donors (Lipinski definition) is 1. The molecule has 0 bridgehead atoms. The zero-order valence-electron chi connectivity index (χ0n) is 17.5. The molecular weight excluding hydrogens is 400 g/mol. The molecule has 4 rings (SSSR count). The first-order valence-electron chi connectivity index (χ1n) is 10.4. The summed E-state index contributed by atoms with van der Waals surface area (Å²) in [5.41, 5.74) is 3.86. The Kier molecular flexibility index (Phi) is 7.29. The molecule has 6 heteroatoms. The molecule has 6 nitrogen and oxygen atoms in total. The largest absolute Gasteiger partial charge is 0.367 e. The van der Waals surface area contributed by atoms with E-state index in [9.17, 15) is 4.79 Å². The van der Waals surface area contributed by atoms with E-state index in [1.54, 1.807) is 24.8 Å². The van der Waals surface area contributed by atoms with E-state index in [2.05, 4.69) is 20.3 Å². The average molecular weight is 425 g/mol. The molecule has 1 amide bonds. The predicted octanol–water partition coefficient (Wildman–Crippen LogP) is 4.08. The zero-order valence-corrected chi connectivity index (χ0v) is 17.5. The zero-order chi connectivity index (χ0) is 22.0. The standard InChI is InChI=1S/C26H24N4O2/c31-24(19-32-18-20-7-2-1-3-8-20)30-26(23-11-6-14-29-17-23)25(21-9-4-12-27-15-21)22-10-5-13-28-16-22/h1-17,25-26H,18-19H2,(H,30,31). The molecule has 32 heavy (non-hydrogen) atoms. The maximum Gasteiger partial charge on any atom is 0.246 e. The topological polar surface area (TPSA) is 77.0 Å². The molecular formula is C26H24N4O2. The summed E-state index contributed by atoms with van der Waals surface area (Å²) in [5, 5.41) is 3.16. The summed E-state index contributed by atoms with van der Waals surface area (Å²) in [5.74, 6) is -0.396. The Hall–Kier alpha value is -3.90. The van der Waals surface area contributed by atoms with Crippen molar-refractivity contribution in [3.63, 3.8) is 0 Å². The molecule has 0 aliphatic rings. The van der Waals surface area contributed by atoms with Crippen molar-refractivity contribution in [3.8, 4) is 0 Å². The number of nitrogens with one attached hydrogen (secondary N) is 1. The molecule has 1 N–H and O–H groups in total. The van der Waals surface area contributed by atoms with Gasteiger partial charge in [0.1, 0.15) is 6.61 Å². The van der Waals surface area contributed by atoms with Gasteiger partial charge in [0, 0.05) is 43.1 Å². The van der Waals surface area contributed by atoms with Gasteiger partial charge in [-0.25, -0.2) is 0 Å². The molecule has 1 aromatic carbocycles. The minimum atomic E-state index is -0.370. The van der Waals surface area contributed by atoms with Gasteiger partial charge in [-0.1, -0.05) is 48.5 Å². The summed E-state index contributed by atoms with van der Waals surface area (Å²) in [4.78, 5) is 25.8. The van der Waals surface area contributed by atoms with Crippen LogP contribution in [0.4, 0.5) is 0 Å². The monoisotopic (exact) mass is 424 g/mol. The number of nitrogens with zero attached hydrogens (tertiary/aromatic N) is 3. The summed E-state index contributed by atoms with van der Waals surface area (Å²) in [6, 6.07) is 21.0. The van der Waals surface area contributed by atoms with Gasteiger partial charge in [-0.05, 0) is 40.5 Å². The summed E-state index contributed by atoms with van der Waals surface area (Å²) in [7, 11) is 0. The Balaban J connectivity index is 1.58. The molecule has 0 saturated heterocycles. The number of ether oxygens (including phenoxy) is 1. The van der Waals surface area contributed by atoms with Gasteiger partial charge < -0.3 is 10.1 Å². The number of carbonyl (C=O) groups is 1. The van der Waals surface area contributed by atoms with Crippen molar-refractivity contribution in [2.45, 2.75) is 18.6 Å². The van der Waals surface area contributed by atoms with Gasteiger partial charge in [0.15, 0.2) is 0 Å². The second-order valence-electron chi connectivity index (χ2n) is 7.36. The van der Waals surface area contributed by atoms with Crippen molar-refractivity contribution in [1.29, 1.82) is 0 Å². The molecule has 4 aromatic rings. The van der Waals surface area contributed by atoms with E-state index < -0.39 is 0 Å². The van der Waals surface area contributed by atoms with Crippen LogP contribution < -0.4 is 5.32 Å². The first-order valence-corrected chi connectivity index (χ1v) is 10.4. The van der Waals surface area contributed by atoms with Crippen LogP contribution in [-0.4, -0.2) is 27.5 Å². The minimum Gasteiger partial charge on any atom is -0.367 e. The number of pyridine rings is 3. The third kappa shape index (κ3) is 5.62. The molecule has 3 heterocycles. The smallest absolute Gasteiger partial charge is 0.246 e. The predicted molar refractivity (Wildman–Crippen MR) is 122 cm³/mol. The highest BCUT2D eigenvalue weighted by atomic mass is 16.5. The minimum absolute atomic E-state index is 0.0432. The van der Waals surface area contributed by atoms with Crippen molar-refractivity contribution < 1.29 is 9.53 Å². The van der Waals surface area contributed by atoms with Crippen LogP contribution in [0.1, 0.15) is 34.2 Å². The highest BCUT2D eigenvalue weighted by molar-refractivity contribution is 5.78. The number of carbonyl (C=O) groups excluding carboxylic acids is 1. The number of amides is 1. The first-order chi connectivity index (χ1) is 15.8. The second-order valence-corrected chi connectivity index (χ2v) is 7.36. The molecule has 0 aliphatic carbocycles. The van der Waals surface area contributed by atoms with E-state index in [1.807, 2.05) is 79.1 Å². The normalized spacial score (nSPS) is 11.8. The van der Waals surface area contributed by atoms with Crippen molar-refractivity contribution in [1.82, 2.24) is 20.3 Å². The quantitative estimate of drug-likeness (QED) is 0.438. The van der Waals surface area contributed by atoms with Crippen LogP contribution in [0.2, 0.25) is 0 Å². The van der Waals surface area contributed by atoms with Crippen LogP contribution in [0.15, 0.2) is 104 Å². The maximum atomic E-state index is 12.9. The van der Waals surface area contributed by atoms with Crippen molar-refractivity contribution in [3.05, 3.63) is 126 Å². The highest BCUT2D eigenvalue weighted by Gasteiger charge is 2.28. The molecule has 0 radical (unpaired) electrons. The third-order valence-electron chi connectivity index (χ3n) is 5.13. The van der Waals surface area contributed by atoms with E-state index in [-0.39, 0.29) is 24.5 Å². The fraction of sp³-hybridized carbons (Fsp3) is 0.154. The Morgan fingerprint density at radius 3 is 1.84 bits per heavy atom. The second kappa shape index (κ2) is 10.9. The summed E-state index contributed by atoms with van der Waals surface area (Å²) >= 11 is 0. The fourth-order valence-electron chi connectivity index (χ4n) is 3.67. The fourth-order valence-corrected chi connectivity index (χ4v) is 3.67. The molecule has 3 aromatic heterocycles. The van der Waals surface area contributed by atoms with Crippen molar-refractivity contribution in [2.24, 2.45) is 0 Å². The molecule has 0 saturated carbocycles. The Morgan fingerprint density at radius 2 is 1.31 bits per heavy atom. The molecule has 0 spiro atoms. The van der Waals surface area contributed by atoms with Gasteiger partial charge in [0.25, 0.3) is 0 Å². The van der Waals surface area contributed by atoms with Crippen LogP contribution in [0, 0.1) is 0 Å². The van der Waals surface area contributed by atoms with E-state index in [1.165, 1.54) is 0 Å². The molecule has 1 atom stereocenters. The Bertz CT molecular complexity index is 1050. The SMILES string of the molecule is O=C(COCc1ccccc1)NC(c1cccnc1)C(c1cccnc1)c1cccnc1. The van der Waals surface area contributed by atoms with Crippen molar-refractivity contribution in [2.75, 3.05) is 6.61 Å². The van der Waals surface area contributed by atoms with Gasteiger partial charge in [-0.2, -0.15) is 0 Å². The molecule has 0 fully saturated rings. The summed E-state index contributed by atoms with van der Waals surface area (Å²) in [6.45, 7) is 0.332. The van der Waals surface area contributed by atoms with Crippen LogP contribution >= 0.6 is 0 Å². The number of benzene rings is 1. The number of rotatable bonds is 9. The molecule has 0 aliphatic heterocycles. The van der Waals surface area contributed by atoms with Gasteiger partial charge in [0.2, 0.25) is 5.91 Å².